The lowest BCUT2D eigenvalue weighted by molar-refractivity contribution is 0.150. The van der Waals surface area contributed by atoms with Crippen molar-refractivity contribution in [1.82, 2.24) is 30.2 Å². The van der Waals surface area contributed by atoms with Gasteiger partial charge in [-0.2, -0.15) is 0 Å². The maximum absolute atomic E-state index is 9.79. The van der Waals surface area contributed by atoms with Crippen molar-refractivity contribution in [2.75, 3.05) is 39.8 Å². The van der Waals surface area contributed by atoms with E-state index in [0.29, 0.717) is 29.6 Å². The summed E-state index contributed by atoms with van der Waals surface area (Å²) >= 11 is 4.24. The molecule has 0 bridgehead atoms. The highest BCUT2D eigenvalue weighted by Gasteiger charge is 2.29. The van der Waals surface area contributed by atoms with Gasteiger partial charge in [0, 0.05) is 77.1 Å². The van der Waals surface area contributed by atoms with Gasteiger partial charge in [-0.25, -0.2) is 9.97 Å². The number of hydrogen-bond acceptors (Lipinski definition) is 9. The van der Waals surface area contributed by atoms with E-state index in [1.54, 1.807) is 0 Å². The Labute approximate surface area is 267 Å². The second-order valence-electron chi connectivity index (χ2n) is 9.59. The van der Waals surface area contributed by atoms with Gasteiger partial charge in [-0.15, -0.1) is 0 Å². The fourth-order valence-corrected chi connectivity index (χ4v) is 4.56. The van der Waals surface area contributed by atoms with Crippen LogP contribution in [0.3, 0.4) is 0 Å². The zero-order valence-electron chi connectivity index (χ0n) is 24.5. The number of hydrogen-bond donors (Lipinski definition) is 4. The van der Waals surface area contributed by atoms with Crippen LogP contribution < -0.4 is 16.5 Å². The van der Waals surface area contributed by atoms with Crippen LogP contribution in [0.2, 0.25) is 0 Å². The molecule has 4 radical (unpaired) electrons. The van der Waals surface area contributed by atoms with E-state index in [1.807, 2.05) is 19.1 Å². The van der Waals surface area contributed by atoms with Gasteiger partial charge >= 0.3 is 0 Å². The number of aliphatic hydroxyl groups is 3. The quantitative estimate of drug-likeness (QED) is 0.261. The molecule has 4 N–H and O–H groups in total. The van der Waals surface area contributed by atoms with Gasteiger partial charge in [-0.3, -0.25) is 14.9 Å². The first-order valence-corrected chi connectivity index (χ1v) is 18.9. The zero-order valence-corrected chi connectivity index (χ0v) is 26.8. The molecule has 9 nitrogen and oxygen atoms in total. The Balaban J connectivity index is 0.000000326. The molecule has 4 heterocycles. The highest BCUT2D eigenvalue weighted by molar-refractivity contribution is 15.0. The van der Waals surface area contributed by atoms with Crippen LogP contribution in [0.1, 0.15) is 46.5 Å². The molecular formula is C27H40B2I2N6O3. The average Bonchev–Trinajstić information content (AvgIpc) is 3.73. The van der Waals surface area contributed by atoms with E-state index in [1.165, 1.54) is 0 Å². The lowest BCUT2D eigenvalue weighted by Crippen LogP contribution is -2.24. The van der Waals surface area contributed by atoms with Crippen LogP contribution in [0, 0.1) is 11.8 Å². The molecule has 4 atom stereocenters. The van der Waals surface area contributed by atoms with Gasteiger partial charge in [-0.05, 0) is 58.6 Å². The Bertz CT molecular complexity index is 1200. The SMILES string of the molecule is C.CO.C[C@H]1CNC[C@@H]1O.II.[2H]c1nc([B])c2c(n1)C(CN1C[C@H](C)[C@@H](O)C1)=CC2.[2H]c1nc([B])c2c(n1)C=CC2. The predicted molar refractivity (Wildman–Crippen MR) is 182 cm³/mol. The van der Waals surface area contributed by atoms with E-state index in [4.69, 9.17) is 28.6 Å². The van der Waals surface area contributed by atoms with E-state index in [9.17, 15) is 5.11 Å². The van der Waals surface area contributed by atoms with Crippen LogP contribution in [0.4, 0.5) is 0 Å². The molecule has 2 aromatic rings. The van der Waals surface area contributed by atoms with Gasteiger partial charge in [0.2, 0.25) is 0 Å². The number of aromatic nitrogens is 4. The van der Waals surface area contributed by atoms with Gasteiger partial charge in [0.05, 0.1) is 23.6 Å². The molecule has 4 aliphatic rings. The third-order valence-corrected chi connectivity index (χ3v) is 6.86. The fraction of sp³-hybridized carbons (Fsp3) is 0.556. The summed E-state index contributed by atoms with van der Waals surface area (Å²) in [5, 5.41) is 28.8. The average molecular weight is 774 g/mol. The van der Waals surface area contributed by atoms with Crippen LogP contribution >= 0.6 is 37.2 Å². The monoisotopic (exact) mass is 774 g/mol. The normalized spacial score (nSPS) is 24.1. The van der Waals surface area contributed by atoms with Crippen molar-refractivity contribution in [1.29, 1.82) is 0 Å². The number of allylic oxidation sites excluding steroid dienone is 2. The highest BCUT2D eigenvalue weighted by Crippen LogP contribution is 2.26. The second-order valence-corrected chi connectivity index (χ2v) is 9.59. The molecule has 0 aromatic carbocycles. The van der Waals surface area contributed by atoms with Crippen molar-refractivity contribution in [3.05, 3.63) is 47.3 Å². The molecule has 0 saturated carbocycles. The molecule has 40 heavy (non-hydrogen) atoms. The fourth-order valence-electron chi connectivity index (χ4n) is 4.56. The summed E-state index contributed by atoms with van der Waals surface area (Å²) in [4.78, 5) is 17.9. The third-order valence-electron chi connectivity index (χ3n) is 6.86. The number of nitrogens with zero attached hydrogens (tertiary/aromatic N) is 5. The molecule has 216 valence electrons. The predicted octanol–water partition coefficient (Wildman–Crippen LogP) is 0.965. The first-order valence-electron chi connectivity index (χ1n) is 13.6. The Morgan fingerprint density at radius 1 is 0.950 bits per heavy atom. The Hall–Kier alpha value is -0.970. The van der Waals surface area contributed by atoms with Crippen LogP contribution in [-0.4, -0.2) is 108 Å². The molecule has 2 saturated heterocycles. The summed E-state index contributed by atoms with van der Waals surface area (Å²) in [7, 11) is 12.4. The summed E-state index contributed by atoms with van der Waals surface area (Å²) in [6.07, 6.45) is 7.09. The minimum Gasteiger partial charge on any atom is -0.400 e. The molecule has 6 rings (SSSR count). The smallest absolute Gasteiger partial charge is 0.142 e. The lowest BCUT2D eigenvalue weighted by Gasteiger charge is -2.16. The molecule has 0 spiro atoms. The maximum atomic E-state index is 9.79. The minimum atomic E-state index is -0.247. The standard InChI is InChI=1S/C13H16BN3O.C7H5BN2.C5H11NO.CH4O.CH4.I2/c1-8-4-17(6-11(8)18)5-9-2-3-10-12(9)15-7-16-13(10)14;8-7-5-2-1-3-6(5)9-4-10-7;1-4-2-6-3-5(4)7;1-2;;1-2/h2,7-8,11,18H,3-6H2,1H3;1,3-4H,2H2;4-7H,2-3H2,1H3;2H,1H3;1H4;/t8-,11-;;4-,5-;;;/m0.0.../s1/i7D;4D;;;;. The zero-order chi connectivity index (χ0) is 30.7. The van der Waals surface area contributed by atoms with E-state index >= 15 is 0 Å². The summed E-state index contributed by atoms with van der Waals surface area (Å²) in [5.74, 6) is 0.767. The number of aliphatic hydroxyl groups excluding tert-OH is 3. The molecule has 0 amide bonds. The van der Waals surface area contributed by atoms with E-state index in [2.05, 4.69) is 80.4 Å². The van der Waals surface area contributed by atoms with E-state index in [-0.39, 0.29) is 32.2 Å². The lowest BCUT2D eigenvalue weighted by atomic mass is 9.96. The number of fused-ring (bicyclic) bond motifs is 2. The maximum Gasteiger partial charge on any atom is 0.142 e. The summed E-state index contributed by atoms with van der Waals surface area (Å²) in [5.41, 5.74) is 5.42. The van der Waals surface area contributed by atoms with Crippen molar-refractivity contribution in [2.24, 2.45) is 11.8 Å². The van der Waals surface area contributed by atoms with E-state index < -0.39 is 0 Å². The number of β-amino-alcohol motifs (C(OH)–C–C–N with tert-alkyl or cyclic N) is 2. The highest BCUT2D eigenvalue weighted by atomic mass is 128. The van der Waals surface area contributed by atoms with Crippen LogP contribution in [0.15, 0.2) is 24.8 Å². The topological polar surface area (TPSA) is 128 Å². The first kappa shape index (κ1) is 33.5. The second kappa shape index (κ2) is 19.3. The van der Waals surface area contributed by atoms with Crippen LogP contribution in [-0.2, 0) is 12.8 Å². The van der Waals surface area contributed by atoms with Crippen LogP contribution in [0.25, 0.3) is 11.6 Å². The minimum absolute atomic E-state index is 0. The summed E-state index contributed by atoms with van der Waals surface area (Å²) in [6, 6.07) is 0. The number of likely N-dealkylation sites (tertiary alicyclic amines) is 1. The van der Waals surface area contributed by atoms with Crippen molar-refractivity contribution < 1.29 is 18.1 Å². The van der Waals surface area contributed by atoms with Crippen molar-refractivity contribution in [3.63, 3.8) is 0 Å². The van der Waals surface area contributed by atoms with Gasteiger partial charge in [-0.1, -0.05) is 33.4 Å². The Kier molecular flexibility index (Phi) is 16.1. The third kappa shape index (κ3) is 10.4. The van der Waals surface area contributed by atoms with Crippen molar-refractivity contribution in [2.45, 2.75) is 46.3 Å². The van der Waals surface area contributed by atoms with Crippen molar-refractivity contribution in [3.8, 4) is 0 Å². The van der Waals surface area contributed by atoms with E-state index in [0.717, 1.165) is 74.2 Å². The van der Waals surface area contributed by atoms with Gasteiger partial charge in [0.15, 0.2) is 0 Å². The Morgan fingerprint density at radius 2 is 1.60 bits per heavy atom. The van der Waals surface area contributed by atoms with Gasteiger partial charge in [0.25, 0.3) is 0 Å². The largest absolute Gasteiger partial charge is 0.400 e. The van der Waals surface area contributed by atoms with Gasteiger partial charge in [0.1, 0.15) is 31.0 Å². The number of nitrogens with one attached hydrogen (secondary N) is 1. The Morgan fingerprint density at radius 3 is 2.15 bits per heavy atom. The first-order chi connectivity index (χ1) is 19.6. The molecule has 2 fully saturated rings. The molecule has 0 unspecified atom stereocenters. The van der Waals surface area contributed by atoms with Crippen molar-refractivity contribution >= 4 is 75.8 Å². The molecule has 2 aromatic heterocycles. The molecule has 2 aliphatic heterocycles. The van der Waals surface area contributed by atoms with Gasteiger partial charge < -0.3 is 20.6 Å². The number of rotatable bonds is 2. The number of halogens is 2. The van der Waals surface area contributed by atoms with Crippen LogP contribution in [0.5, 0.6) is 0 Å². The molecular weight excluding hydrogens is 732 g/mol. The molecule has 2 aliphatic carbocycles. The summed E-state index contributed by atoms with van der Waals surface area (Å²) in [6.45, 7) is 8.20. The summed E-state index contributed by atoms with van der Waals surface area (Å²) < 4.78 is 14.7. The molecule has 13 heteroatoms.